The van der Waals surface area contributed by atoms with Gasteiger partial charge in [0, 0.05) is 0 Å². The summed E-state index contributed by atoms with van der Waals surface area (Å²) in [5, 5.41) is 7.32. The van der Waals surface area contributed by atoms with Crippen LogP contribution in [0.5, 0.6) is 0 Å². The quantitative estimate of drug-likeness (QED) is 0.612. The van der Waals surface area contributed by atoms with Crippen molar-refractivity contribution in [3.05, 3.63) is 91.2 Å². The van der Waals surface area contributed by atoms with E-state index in [1.54, 1.807) is 12.1 Å². The Bertz CT molecular complexity index is 1230. The van der Waals surface area contributed by atoms with Crippen LogP contribution in [0.25, 0.3) is 5.69 Å². The summed E-state index contributed by atoms with van der Waals surface area (Å²) in [4.78, 5) is 38.9. The van der Waals surface area contributed by atoms with Crippen LogP contribution in [-0.4, -0.2) is 20.7 Å². The van der Waals surface area contributed by atoms with Gasteiger partial charge in [0.2, 0.25) is 0 Å². The molecule has 0 bridgehead atoms. The smallest absolute Gasteiger partial charge is 0.345 e. The topological polar surface area (TPSA) is 96.8 Å². The molecule has 3 aromatic rings. The second-order valence-corrected chi connectivity index (χ2v) is 8.68. The minimum Gasteiger partial charge on any atom is -0.345 e. The number of hydrogen-bond acceptors (Lipinski definition) is 4. The van der Waals surface area contributed by atoms with Gasteiger partial charge in [0.15, 0.2) is 0 Å². The number of aromatic nitrogens is 3. The van der Waals surface area contributed by atoms with Gasteiger partial charge >= 0.3 is 5.69 Å². The zero-order valence-corrected chi connectivity index (χ0v) is 18.6. The predicted octanol–water partition coefficient (Wildman–Crippen LogP) is 3.93. The van der Waals surface area contributed by atoms with E-state index in [9.17, 15) is 14.4 Å². The Balaban J connectivity index is 1.66. The van der Waals surface area contributed by atoms with E-state index in [0.717, 1.165) is 47.7 Å². The van der Waals surface area contributed by atoms with E-state index in [0.29, 0.717) is 11.6 Å². The predicted molar refractivity (Wildman–Crippen MR) is 123 cm³/mol. The molecule has 2 N–H and O–H groups in total. The standard InChI is InChI=1S/C24H25ClN4O3/c1-15-7-9-17(10-8-15)22(16-5-3-2-4-6-16)28-23(31)19-13-18(11-12-20(19)25)29-24(32)27-21(30)14-26-29/h7-14,16,22H,2-6H2,1H3,(H,28,31)(H,27,30,32). The van der Waals surface area contributed by atoms with Crippen LogP contribution in [0.15, 0.2) is 58.3 Å². The Morgan fingerprint density at radius 1 is 1.12 bits per heavy atom. The highest BCUT2D eigenvalue weighted by Gasteiger charge is 2.27. The van der Waals surface area contributed by atoms with Gasteiger partial charge < -0.3 is 5.32 Å². The highest BCUT2D eigenvalue weighted by molar-refractivity contribution is 6.33. The molecule has 1 heterocycles. The normalized spacial score (nSPS) is 15.3. The zero-order valence-electron chi connectivity index (χ0n) is 17.8. The fourth-order valence-corrected chi connectivity index (χ4v) is 4.49. The van der Waals surface area contributed by atoms with E-state index in [1.165, 1.54) is 12.5 Å². The molecule has 1 unspecified atom stereocenters. The summed E-state index contributed by atoms with van der Waals surface area (Å²) in [7, 11) is 0. The van der Waals surface area contributed by atoms with Crippen LogP contribution in [0.1, 0.15) is 59.6 Å². The summed E-state index contributed by atoms with van der Waals surface area (Å²) in [6.45, 7) is 2.04. The number of hydrogen-bond donors (Lipinski definition) is 2. The monoisotopic (exact) mass is 452 g/mol. The Morgan fingerprint density at radius 2 is 1.84 bits per heavy atom. The third-order valence-electron chi connectivity index (χ3n) is 6.00. The van der Waals surface area contributed by atoms with Gasteiger partial charge in [-0.05, 0) is 49.4 Å². The molecule has 1 aromatic heterocycles. The van der Waals surface area contributed by atoms with Crippen molar-refractivity contribution < 1.29 is 4.79 Å². The molecule has 1 saturated carbocycles. The van der Waals surface area contributed by atoms with E-state index in [-0.39, 0.29) is 22.5 Å². The maximum atomic E-state index is 13.3. The molecule has 1 amide bonds. The summed E-state index contributed by atoms with van der Waals surface area (Å²) >= 11 is 6.35. The summed E-state index contributed by atoms with van der Waals surface area (Å²) in [5.41, 5.74) is 1.54. The molecule has 2 aromatic carbocycles. The lowest BCUT2D eigenvalue weighted by Crippen LogP contribution is -2.35. The van der Waals surface area contributed by atoms with E-state index in [4.69, 9.17) is 11.6 Å². The summed E-state index contributed by atoms with van der Waals surface area (Å²) in [6.07, 6.45) is 6.65. The van der Waals surface area contributed by atoms with Crippen molar-refractivity contribution in [1.29, 1.82) is 0 Å². The molecule has 4 rings (SSSR count). The highest BCUT2D eigenvalue weighted by atomic mass is 35.5. The molecule has 0 spiro atoms. The van der Waals surface area contributed by atoms with Crippen molar-refractivity contribution in [2.45, 2.75) is 45.1 Å². The molecule has 32 heavy (non-hydrogen) atoms. The second-order valence-electron chi connectivity index (χ2n) is 8.27. The average Bonchev–Trinajstić information content (AvgIpc) is 2.79. The molecule has 1 fully saturated rings. The number of rotatable bonds is 5. The van der Waals surface area contributed by atoms with Gasteiger partial charge in [-0.25, -0.2) is 4.79 Å². The Morgan fingerprint density at radius 3 is 2.53 bits per heavy atom. The number of carbonyl (C=O) groups is 1. The van der Waals surface area contributed by atoms with Gasteiger partial charge in [-0.3, -0.25) is 14.6 Å². The number of nitrogens with one attached hydrogen (secondary N) is 2. The Hall–Kier alpha value is -3.19. The lowest BCUT2D eigenvalue weighted by atomic mass is 9.81. The van der Waals surface area contributed by atoms with E-state index >= 15 is 0 Å². The maximum absolute atomic E-state index is 13.3. The summed E-state index contributed by atoms with van der Waals surface area (Å²) in [5.74, 6) is 0.0336. The fourth-order valence-electron chi connectivity index (χ4n) is 4.29. The lowest BCUT2D eigenvalue weighted by Gasteiger charge is -2.31. The number of amides is 1. The van der Waals surface area contributed by atoms with Crippen molar-refractivity contribution in [3.63, 3.8) is 0 Å². The first-order valence-corrected chi connectivity index (χ1v) is 11.2. The lowest BCUT2D eigenvalue weighted by molar-refractivity contribution is 0.0912. The largest absolute Gasteiger partial charge is 0.349 e. The minimum atomic E-state index is -0.689. The van der Waals surface area contributed by atoms with Gasteiger partial charge in [0.1, 0.15) is 6.20 Å². The van der Waals surface area contributed by atoms with Crippen molar-refractivity contribution in [1.82, 2.24) is 20.1 Å². The van der Waals surface area contributed by atoms with Crippen LogP contribution in [0.4, 0.5) is 0 Å². The molecular weight excluding hydrogens is 428 g/mol. The Kier molecular flexibility index (Phi) is 6.55. The summed E-state index contributed by atoms with van der Waals surface area (Å²) in [6, 6.07) is 12.7. The van der Waals surface area contributed by atoms with E-state index < -0.39 is 11.2 Å². The molecule has 0 radical (unpaired) electrons. The average molecular weight is 453 g/mol. The molecule has 8 heteroatoms. The molecular formula is C24H25ClN4O3. The SMILES string of the molecule is Cc1ccc(C(NC(=O)c2cc(-n3ncc(=O)[nH]c3=O)ccc2Cl)C2CCCCC2)cc1. The van der Waals surface area contributed by atoms with Gasteiger partial charge in [0.05, 0.1) is 22.3 Å². The third kappa shape index (κ3) is 4.83. The molecule has 1 aliphatic rings. The molecule has 1 aliphatic carbocycles. The van der Waals surface area contributed by atoms with Crippen LogP contribution in [0.2, 0.25) is 5.02 Å². The van der Waals surface area contributed by atoms with Crippen LogP contribution < -0.4 is 16.6 Å². The first-order valence-electron chi connectivity index (χ1n) is 10.8. The number of aryl methyl sites for hydroxylation is 1. The van der Waals surface area contributed by atoms with Crippen LogP contribution in [0.3, 0.4) is 0 Å². The molecule has 0 aliphatic heterocycles. The van der Waals surface area contributed by atoms with E-state index in [2.05, 4.69) is 39.7 Å². The van der Waals surface area contributed by atoms with Gasteiger partial charge in [0.25, 0.3) is 11.5 Å². The molecule has 0 saturated heterocycles. The highest BCUT2D eigenvalue weighted by Crippen LogP contribution is 2.35. The van der Waals surface area contributed by atoms with Crippen molar-refractivity contribution in [3.8, 4) is 5.69 Å². The molecule has 1 atom stereocenters. The fraction of sp³-hybridized carbons (Fsp3) is 0.333. The maximum Gasteiger partial charge on any atom is 0.349 e. The number of aromatic amines is 1. The third-order valence-corrected chi connectivity index (χ3v) is 6.33. The number of benzene rings is 2. The van der Waals surface area contributed by atoms with Crippen LogP contribution >= 0.6 is 11.6 Å². The van der Waals surface area contributed by atoms with Gasteiger partial charge in [-0.1, -0.05) is 60.7 Å². The first-order chi connectivity index (χ1) is 15.4. The van der Waals surface area contributed by atoms with Gasteiger partial charge in [-0.15, -0.1) is 0 Å². The minimum absolute atomic E-state index is 0.128. The molecule has 7 nitrogen and oxygen atoms in total. The van der Waals surface area contributed by atoms with Gasteiger partial charge in [-0.2, -0.15) is 9.78 Å². The van der Waals surface area contributed by atoms with E-state index in [1.807, 2.05) is 6.92 Å². The Labute approximate surface area is 190 Å². The number of H-pyrrole nitrogens is 1. The first kappa shape index (κ1) is 22.0. The second kappa shape index (κ2) is 9.53. The van der Waals surface area contributed by atoms with Crippen molar-refractivity contribution >= 4 is 17.5 Å². The van der Waals surface area contributed by atoms with Crippen LogP contribution in [-0.2, 0) is 0 Å². The molecule has 166 valence electrons. The zero-order chi connectivity index (χ0) is 22.7. The van der Waals surface area contributed by atoms with Crippen LogP contribution in [0, 0.1) is 12.8 Å². The number of halogens is 1. The van der Waals surface area contributed by atoms with Crippen molar-refractivity contribution in [2.24, 2.45) is 5.92 Å². The number of nitrogens with zero attached hydrogens (tertiary/aromatic N) is 2. The summed E-state index contributed by atoms with van der Waals surface area (Å²) < 4.78 is 1.02. The number of carbonyl (C=O) groups excluding carboxylic acids is 1. The van der Waals surface area contributed by atoms with Crippen molar-refractivity contribution in [2.75, 3.05) is 0 Å².